The van der Waals surface area contributed by atoms with Crippen LogP contribution in [0.25, 0.3) is 0 Å². The molecule has 2 aromatic rings. The van der Waals surface area contributed by atoms with Crippen LogP contribution in [0.15, 0.2) is 47.4 Å². The van der Waals surface area contributed by atoms with E-state index >= 15 is 0 Å². The van der Waals surface area contributed by atoms with Crippen LogP contribution in [-0.4, -0.2) is 66.0 Å². The van der Waals surface area contributed by atoms with E-state index in [0.717, 1.165) is 0 Å². The summed E-state index contributed by atoms with van der Waals surface area (Å²) < 4.78 is 59.2. The highest BCUT2D eigenvalue weighted by Gasteiger charge is 2.30. The molecule has 1 saturated heterocycles. The molecular weight excluding hydrogens is 459 g/mol. The van der Waals surface area contributed by atoms with Crippen molar-refractivity contribution in [2.24, 2.45) is 0 Å². The van der Waals surface area contributed by atoms with Crippen LogP contribution < -0.4 is 9.46 Å². The molecule has 1 heterocycles. The number of methoxy groups -OCH3 is 1. The Kier molecular flexibility index (Phi) is 8.87. The SMILES string of the molecule is COCCOc1ccc(S(=O)(=O)NC[C@H](c2c(F)cccc2Cl)N2CCO[C@@H](C)C2)cc1. The molecule has 1 fully saturated rings. The first-order valence-corrected chi connectivity index (χ1v) is 12.2. The Hall–Kier alpha value is -1.75. The normalized spacial score (nSPS) is 18.4. The van der Waals surface area contributed by atoms with Crippen molar-refractivity contribution < 1.29 is 27.0 Å². The number of morpholine rings is 1. The highest BCUT2D eigenvalue weighted by Crippen LogP contribution is 2.31. The summed E-state index contributed by atoms with van der Waals surface area (Å²) in [5.41, 5.74) is 0.271. The number of sulfonamides is 1. The Bertz CT molecular complexity index is 970. The molecule has 0 aliphatic carbocycles. The maximum atomic E-state index is 14.7. The van der Waals surface area contributed by atoms with Crippen molar-refractivity contribution >= 4 is 21.6 Å². The van der Waals surface area contributed by atoms with Gasteiger partial charge < -0.3 is 14.2 Å². The molecule has 176 valence electrons. The smallest absolute Gasteiger partial charge is 0.240 e. The van der Waals surface area contributed by atoms with Crippen LogP contribution in [0.3, 0.4) is 0 Å². The van der Waals surface area contributed by atoms with Crippen LogP contribution in [0.4, 0.5) is 4.39 Å². The van der Waals surface area contributed by atoms with Gasteiger partial charge in [-0.05, 0) is 43.3 Å². The van der Waals surface area contributed by atoms with Gasteiger partial charge in [-0.3, -0.25) is 4.90 Å². The van der Waals surface area contributed by atoms with E-state index < -0.39 is 21.9 Å². The van der Waals surface area contributed by atoms with Gasteiger partial charge in [-0.15, -0.1) is 0 Å². The lowest BCUT2D eigenvalue weighted by Gasteiger charge is -2.38. The summed E-state index contributed by atoms with van der Waals surface area (Å²) in [6.07, 6.45) is -0.0564. The molecule has 0 saturated carbocycles. The van der Waals surface area contributed by atoms with E-state index in [2.05, 4.69) is 4.72 Å². The molecule has 1 aliphatic heterocycles. The van der Waals surface area contributed by atoms with Crippen LogP contribution in [0.2, 0.25) is 5.02 Å². The Morgan fingerprint density at radius 2 is 2.00 bits per heavy atom. The molecular formula is C22H28ClFN2O5S. The fourth-order valence-corrected chi connectivity index (χ4v) is 4.93. The lowest BCUT2D eigenvalue weighted by atomic mass is 10.0. The van der Waals surface area contributed by atoms with Crippen LogP contribution >= 0.6 is 11.6 Å². The molecule has 2 aromatic carbocycles. The quantitative estimate of drug-likeness (QED) is 0.519. The molecule has 7 nitrogen and oxygen atoms in total. The minimum atomic E-state index is -3.84. The molecule has 32 heavy (non-hydrogen) atoms. The molecule has 0 spiro atoms. The van der Waals surface area contributed by atoms with E-state index in [4.69, 9.17) is 25.8 Å². The number of rotatable bonds is 10. The number of ether oxygens (including phenoxy) is 3. The molecule has 0 amide bonds. The molecule has 1 N–H and O–H groups in total. The average molecular weight is 487 g/mol. The number of halogens is 2. The second-order valence-corrected chi connectivity index (χ2v) is 9.67. The average Bonchev–Trinajstić information content (AvgIpc) is 2.76. The van der Waals surface area contributed by atoms with Crippen molar-refractivity contribution in [3.8, 4) is 5.75 Å². The second-order valence-electron chi connectivity index (χ2n) is 7.49. The van der Waals surface area contributed by atoms with Gasteiger partial charge in [-0.25, -0.2) is 17.5 Å². The maximum Gasteiger partial charge on any atom is 0.240 e. The predicted molar refractivity (Wildman–Crippen MR) is 120 cm³/mol. The first-order chi connectivity index (χ1) is 15.3. The lowest BCUT2D eigenvalue weighted by molar-refractivity contribution is -0.0342. The summed E-state index contributed by atoms with van der Waals surface area (Å²) in [5.74, 6) is 0.0673. The van der Waals surface area contributed by atoms with E-state index in [1.54, 1.807) is 25.3 Å². The molecule has 10 heteroatoms. The van der Waals surface area contributed by atoms with Crippen molar-refractivity contribution in [3.05, 3.63) is 58.9 Å². The summed E-state index contributed by atoms with van der Waals surface area (Å²) >= 11 is 6.32. The first kappa shape index (κ1) is 24.9. The topological polar surface area (TPSA) is 77.1 Å². The Morgan fingerprint density at radius 1 is 1.25 bits per heavy atom. The zero-order valence-corrected chi connectivity index (χ0v) is 19.7. The van der Waals surface area contributed by atoms with Gasteiger partial charge in [0.1, 0.15) is 18.2 Å². The van der Waals surface area contributed by atoms with Gasteiger partial charge in [0, 0.05) is 37.3 Å². The van der Waals surface area contributed by atoms with Crippen LogP contribution in [0.5, 0.6) is 5.75 Å². The van der Waals surface area contributed by atoms with E-state index in [9.17, 15) is 12.8 Å². The van der Waals surface area contributed by atoms with E-state index in [0.29, 0.717) is 38.7 Å². The van der Waals surface area contributed by atoms with Gasteiger partial charge >= 0.3 is 0 Å². The third kappa shape index (κ3) is 6.40. The predicted octanol–water partition coefficient (Wildman–Crippen LogP) is 3.24. The second kappa shape index (κ2) is 11.4. The summed E-state index contributed by atoms with van der Waals surface area (Å²) in [4.78, 5) is 2.08. The summed E-state index contributed by atoms with van der Waals surface area (Å²) in [6, 6.07) is 9.97. The molecule has 0 radical (unpaired) electrons. The number of benzene rings is 2. The van der Waals surface area contributed by atoms with E-state index in [-0.39, 0.29) is 28.1 Å². The van der Waals surface area contributed by atoms with Crippen molar-refractivity contribution in [2.75, 3.05) is 46.6 Å². The van der Waals surface area contributed by atoms with Crippen molar-refractivity contribution in [1.29, 1.82) is 0 Å². The molecule has 0 aromatic heterocycles. The van der Waals surface area contributed by atoms with Crippen molar-refractivity contribution in [1.82, 2.24) is 9.62 Å². The van der Waals surface area contributed by atoms with E-state index in [1.165, 1.54) is 24.3 Å². The maximum absolute atomic E-state index is 14.7. The van der Waals surface area contributed by atoms with Gasteiger partial charge in [0.05, 0.1) is 30.3 Å². The van der Waals surface area contributed by atoms with Gasteiger partial charge in [0.2, 0.25) is 10.0 Å². The zero-order chi connectivity index (χ0) is 23.1. The third-order valence-corrected chi connectivity index (χ3v) is 6.97. The van der Waals surface area contributed by atoms with Crippen LogP contribution in [-0.2, 0) is 19.5 Å². The highest BCUT2D eigenvalue weighted by atomic mass is 35.5. The summed E-state index contributed by atoms with van der Waals surface area (Å²) in [7, 11) is -2.26. The number of hydrogen-bond acceptors (Lipinski definition) is 6. The highest BCUT2D eigenvalue weighted by molar-refractivity contribution is 7.89. The van der Waals surface area contributed by atoms with Gasteiger partial charge in [-0.1, -0.05) is 17.7 Å². The standard InChI is InChI=1S/C22H28ClFN2O5S/c1-16-15-26(10-11-30-16)21(22-19(23)4-3-5-20(22)24)14-25-32(27,28)18-8-6-17(7-9-18)31-13-12-29-2/h3-9,16,21,25H,10-15H2,1-2H3/t16-,21+/m0/s1. The first-order valence-electron chi connectivity index (χ1n) is 10.3. The number of hydrogen-bond donors (Lipinski definition) is 1. The Labute approximate surface area is 193 Å². The fourth-order valence-electron chi connectivity index (χ4n) is 3.60. The monoisotopic (exact) mass is 486 g/mol. The van der Waals surface area contributed by atoms with E-state index in [1.807, 2.05) is 11.8 Å². The summed E-state index contributed by atoms with van der Waals surface area (Å²) in [5, 5.41) is 0.255. The zero-order valence-electron chi connectivity index (χ0n) is 18.1. The largest absolute Gasteiger partial charge is 0.491 e. The van der Waals surface area contributed by atoms with Crippen molar-refractivity contribution in [2.45, 2.75) is 24.0 Å². The molecule has 2 atom stereocenters. The molecule has 3 rings (SSSR count). The fraction of sp³-hybridized carbons (Fsp3) is 0.455. The molecule has 1 aliphatic rings. The Morgan fingerprint density at radius 3 is 2.66 bits per heavy atom. The molecule has 0 bridgehead atoms. The lowest BCUT2D eigenvalue weighted by Crippen LogP contribution is -2.46. The third-order valence-electron chi connectivity index (χ3n) is 5.20. The number of nitrogens with one attached hydrogen (secondary N) is 1. The summed E-state index contributed by atoms with van der Waals surface area (Å²) in [6.45, 7) is 4.22. The van der Waals surface area contributed by atoms with Crippen LogP contribution in [0.1, 0.15) is 18.5 Å². The minimum Gasteiger partial charge on any atom is -0.491 e. The van der Waals surface area contributed by atoms with Crippen LogP contribution in [0, 0.1) is 5.82 Å². The van der Waals surface area contributed by atoms with Gasteiger partial charge in [0.25, 0.3) is 0 Å². The van der Waals surface area contributed by atoms with Crippen molar-refractivity contribution in [3.63, 3.8) is 0 Å². The Balaban J connectivity index is 1.77. The molecule has 0 unspecified atom stereocenters. The van der Waals surface area contributed by atoms with Gasteiger partial charge in [-0.2, -0.15) is 0 Å². The minimum absolute atomic E-state index is 0.0399. The van der Waals surface area contributed by atoms with Gasteiger partial charge in [0.15, 0.2) is 0 Å². The number of nitrogens with zero attached hydrogens (tertiary/aromatic N) is 1.